The maximum absolute atomic E-state index is 9.67. The van der Waals surface area contributed by atoms with E-state index in [1.54, 1.807) is 12.1 Å². The van der Waals surface area contributed by atoms with Gasteiger partial charge in [0.2, 0.25) is 0 Å². The third-order valence-electron chi connectivity index (χ3n) is 4.80. The number of aromatic hydroxyl groups is 1. The molecule has 1 aromatic rings. The fourth-order valence-corrected chi connectivity index (χ4v) is 3.19. The Morgan fingerprint density at radius 1 is 1.17 bits per heavy atom. The number of nitrogens with zero attached hydrogens (tertiary/aromatic N) is 2. The first-order valence-electron chi connectivity index (χ1n) is 6.65. The zero-order chi connectivity index (χ0) is 12.8. The Bertz CT molecular complexity index is 452. The van der Waals surface area contributed by atoms with Crippen LogP contribution in [0.15, 0.2) is 18.2 Å². The van der Waals surface area contributed by atoms with Crippen LogP contribution in [0.4, 0.5) is 11.4 Å². The number of nitrogens with two attached hydrogens (primary N) is 1. The number of anilines is 2. The molecule has 0 aromatic heterocycles. The van der Waals surface area contributed by atoms with Crippen LogP contribution < -0.4 is 10.6 Å². The van der Waals surface area contributed by atoms with Crippen LogP contribution in [-0.4, -0.2) is 42.2 Å². The van der Waals surface area contributed by atoms with Crippen LogP contribution in [0.2, 0.25) is 0 Å². The van der Waals surface area contributed by atoms with Crippen molar-refractivity contribution in [2.75, 3.05) is 37.3 Å². The van der Waals surface area contributed by atoms with Crippen LogP contribution in [0.1, 0.15) is 19.3 Å². The molecular formula is C14H21N3O. The molecule has 18 heavy (non-hydrogen) atoms. The standard InChI is InChI=1S/C14H21N3O/c1-16-7-4-14(16)5-8-17(9-6-14)11-2-3-12(15)13(18)10-11/h2-3,10,18H,4-9,15H2,1H3. The Labute approximate surface area is 108 Å². The van der Waals surface area contributed by atoms with Crippen LogP contribution in [0.25, 0.3) is 0 Å². The largest absolute Gasteiger partial charge is 0.506 e. The van der Waals surface area contributed by atoms with Gasteiger partial charge in [-0.05, 0) is 38.4 Å². The molecule has 3 rings (SSSR count). The first kappa shape index (κ1) is 11.7. The van der Waals surface area contributed by atoms with E-state index < -0.39 is 0 Å². The monoisotopic (exact) mass is 247 g/mol. The number of phenolic OH excluding ortho intramolecular Hbond substituents is 1. The van der Waals surface area contributed by atoms with Gasteiger partial charge in [-0.3, -0.25) is 0 Å². The summed E-state index contributed by atoms with van der Waals surface area (Å²) in [6, 6.07) is 5.56. The summed E-state index contributed by atoms with van der Waals surface area (Å²) in [5.74, 6) is 0.188. The van der Waals surface area contributed by atoms with Gasteiger partial charge in [0, 0.05) is 36.9 Å². The Morgan fingerprint density at radius 3 is 2.33 bits per heavy atom. The normalized spacial score (nSPS) is 23.1. The smallest absolute Gasteiger partial charge is 0.140 e. The molecule has 98 valence electrons. The summed E-state index contributed by atoms with van der Waals surface area (Å²) >= 11 is 0. The first-order valence-corrected chi connectivity index (χ1v) is 6.65. The maximum Gasteiger partial charge on any atom is 0.140 e. The Balaban J connectivity index is 1.70. The second-order valence-electron chi connectivity index (χ2n) is 5.63. The average molecular weight is 247 g/mol. The third-order valence-corrected chi connectivity index (χ3v) is 4.80. The van der Waals surface area contributed by atoms with Gasteiger partial charge in [-0.2, -0.15) is 0 Å². The number of phenols is 1. The Hall–Kier alpha value is -1.42. The van der Waals surface area contributed by atoms with Gasteiger partial charge in [0.1, 0.15) is 5.75 Å². The van der Waals surface area contributed by atoms with E-state index in [0.717, 1.165) is 18.8 Å². The van der Waals surface area contributed by atoms with E-state index >= 15 is 0 Å². The molecule has 0 radical (unpaired) electrons. The summed E-state index contributed by atoms with van der Waals surface area (Å²) in [6.45, 7) is 3.37. The van der Waals surface area contributed by atoms with E-state index in [2.05, 4.69) is 16.8 Å². The van der Waals surface area contributed by atoms with E-state index in [1.165, 1.54) is 25.8 Å². The average Bonchev–Trinajstić information content (AvgIpc) is 2.40. The summed E-state index contributed by atoms with van der Waals surface area (Å²) in [7, 11) is 2.23. The molecule has 0 bridgehead atoms. The summed E-state index contributed by atoms with van der Waals surface area (Å²) < 4.78 is 0. The van der Waals surface area contributed by atoms with Crippen LogP contribution in [0, 0.1) is 0 Å². The van der Waals surface area contributed by atoms with Gasteiger partial charge < -0.3 is 20.6 Å². The van der Waals surface area contributed by atoms with E-state index in [9.17, 15) is 5.11 Å². The Kier molecular flexibility index (Phi) is 2.63. The molecule has 4 heteroatoms. The number of benzene rings is 1. The number of rotatable bonds is 1. The molecule has 4 nitrogen and oxygen atoms in total. The summed E-state index contributed by atoms with van der Waals surface area (Å²) in [5.41, 5.74) is 7.63. The molecule has 2 aliphatic heterocycles. The molecule has 2 heterocycles. The minimum absolute atomic E-state index is 0.188. The van der Waals surface area contributed by atoms with E-state index in [-0.39, 0.29) is 5.75 Å². The Morgan fingerprint density at radius 2 is 1.83 bits per heavy atom. The fraction of sp³-hybridized carbons (Fsp3) is 0.571. The first-order chi connectivity index (χ1) is 8.61. The molecule has 2 saturated heterocycles. The zero-order valence-electron chi connectivity index (χ0n) is 10.9. The van der Waals surface area contributed by atoms with Crippen molar-refractivity contribution in [3.63, 3.8) is 0 Å². The molecule has 2 fully saturated rings. The molecular weight excluding hydrogens is 226 g/mol. The third kappa shape index (κ3) is 1.72. The topological polar surface area (TPSA) is 52.7 Å². The minimum atomic E-state index is 0.188. The van der Waals surface area contributed by atoms with Crippen molar-refractivity contribution >= 4 is 11.4 Å². The van der Waals surface area contributed by atoms with Crippen molar-refractivity contribution < 1.29 is 5.11 Å². The van der Waals surface area contributed by atoms with E-state index in [1.807, 2.05) is 6.07 Å². The summed E-state index contributed by atoms with van der Waals surface area (Å²) in [6.07, 6.45) is 3.77. The second-order valence-corrected chi connectivity index (χ2v) is 5.63. The minimum Gasteiger partial charge on any atom is -0.506 e. The van der Waals surface area contributed by atoms with Gasteiger partial charge in [-0.15, -0.1) is 0 Å². The highest BCUT2D eigenvalue weighted by Crippen LogP contribution is 2.40. The predicted molar refractivity (Wildman–Crippen MR) is 73.9 cm³/mol. The van der Waals surface area contributed by atoms with Gasteiger partial charge >= 0.3 is 0 Å². The molecule has 0 unspecified atom stereocenters. The molecule has 0 saturated carbocycles. The molecule has 0 atom stereocenters. The van der Waals surface area contributed by atoms with Gasteiger partial charge in [-0.1, -0.05) is 0 Å². The van der Waals surface area contributed by atoms with Gasteiger partial charge in [0.25, 0.3) is 0 Å². The molecule has 0 amide bonds. The lowest BCUT2D eigenvalue weighted by molar-refractivity contribution is -0.00915. The molecule has 1 aromatic carbocycles. The van der Waals surface area contributed by atoms with E-state index in [4.69, 9.17) is 5.73 Å². The lowest BCUT2D eigenvalue weighted by atomic mass is 9.77. The fourth-order valence-electron chi connectivity index (χ4n) is 3.19. The van der Waals surface area contributed by atoms with E-state index in [0.29, 0.717) is 11.2 Å². The molecule has 3 N–H and O–H groups in total. The summed E-state index contributed by atoms with van der Waals surface area (Å²) in [4.78, 5) is 4.83. The quantitative estimate of drug-likeness (QED) is 0.585. The van der Waals surface area contributed by atoms with Crippen LogP contribution in [0.5, 0.6) is 5.75 Å². The molecule has 2 aliphatic rings. The zero-order valence-corrected chi connectivity index (χ0v) is 10.9. The van der Waals surface area contributed by atoms with Gasteiger partial charge in [0.15, 0.2) is 0 Å². The van der Waals surface area contributed by atoms with Crippen LogP contribution >= 0.6 is 0 Å². The van der Waals surface area contributed by atoms with Gasteiger partial charge in [0.05, 0.1) is 5.69 Å². The van der Waals surface area contributed by atoms with Crippen molar-refractivity contribution in [1.29, 1.82) is 0 Å². The van der Waals surface area contributed by atoms with Crippen molar-refractivity contribution in [3.05, 3.63) is 18.2 Å². The van der Waals surface area contributed by atoms with Crippen LogP contribution in [0.3, 0.4) is 0 Å². The highest BCUT2D eigenvalue weighted by Gasteiger charge is 2.44. The molecule has 1 spiro atoms. The highest BCUT2D eigenvalue weighted by atomic mass is 16.3. The number of piperidine rings is 1. The number of likely N-dealkylation sites (tertiary alicyclic amines) is 1. The predicted octanol–water partition coefficient (Wildman–Crippen LogP) is 1.65. The van der Waals surface area contributed by atoms with Crippen molar-refractivity contribution in [2.45, 2.75) is 24.8 Å². The van der Waals surface area contributed by atoms with Crippen molar-refractivity contribution in [1.82, 2.24) is 4.90 Å². The maximum atomic E-state index is 9.67. The lowest BCUT2D eigenvalue weighted by Gasteiger charge is -2.55. The SMILES string of the molecule is CN1CCC12CCN(c1ccc(N)c(O)c1)CC2. The second kappa shape index (κ2) is 4.05. The number of hydrogen-bond acceptors (Lipinski definition) is 4. The van der Waals surface area contributed by atoms with Crippen LogP contribution in [-0.2, 0) is 0 Å². The number of hydrogen-bond donors (Lipinski definition) is 2. The van der Waals surface area contributed by atoms with Crippen molar-refractivity contribution in [3.8, 4) is 5.75 Å². The number of nitrogen functional groups attached to an aromatic ring is 1. The molecule has 0 aliphatic carbocycles. The highest BCUT2D eigenvalue weighted by molar-refractivity contribution is 5.61. The lowest BCUT2D eigenvalue weighted by Crippen LogP contribution is -2.62. The van der Waals surface area contributed by atoms with Crippen molar-refractivity contribution in [2.24, 2.45) is 0 Å². The van der Waals surface area contributed by atoms with Gasteiger partial charge in [-0.25, -0.2) is 0 Å². The summed E-state index contributed by atoms with van der Waals surface area (Å²) in [5, 5.41) is 9.67.